The van der Waals surface area contributed by atoms with E-state index in [0.717, 1.165) is 12.0 Å². The topological polar surface area (TPSA) is 9.23 Å². The highest BCUT2D eigenvalue weighted by Crippen LogP contribution is 2.23. The van der Waals surface area contributed by atoms with Crippen molar-refractivity contribution in [1.82, 2.24) is 0 Å². The van der Waals surface area contributed by atoms with E-state index in [1.807, 2.05) is 18.2 Å². The molecule has 2 rings (SSSR count). The van der Waals surface area contributed by atoms with E-state index in [2.05, 4.69) is 0 Å². The Bertz CT molecular complexity index is 331. The Balaban J connectivity index is 2.34. The van der Waals surface area contributed by atoms with Crippen LogP contribution in [-0.4, -0.2) is 13.2 Å². The minimum absolute atomic E-state index is 0.143. The largest absolute Gasteiger partial charge is 0.377 e. The molecule has 0 N–H and O–H groups in total. The minimum Gasteiger partial charge on any atom is -0.377 e. The molecule has 1 nitrogen and oxygen atoms in total. The molecule has 1 aliphatic heterocycles. The standard InChI is InChI=1S/C11H11FO/c12-11-4-2-1-3-10(11)9-5-7-13-8-6-9/h1-5H,6-8H2. The Morgan fingerprint density at radius 2 is 2.08 bits per heavy atom. The van der Waals surface area contributed by atoms with E-state index in [-0.39, 0.29) is 5.82 Å². The normalized spacial score (nSPS) is 16.8. The van der Waals surface area contributed by atoms with Gasteiger partial charge in [-0.15, -0.1) is 0 Å². The molecule has 0 saturated carbocycles. The quantitative estimate of drug-likeness (QED) is 0.642. The molecule has 1 heterocycles. The number of rotatable bonds is 1. The third kappa shape index (κ3) is 1.78. The van der Waals surface area contributed by atoms with Crippen LogP contribution < -0.4 is 0 Å². The molecule has 0 spiro atoms. The van der Waals surface area contributed by atoms with Crippen molar-refractivity contribution in [3.05, 3.63) is 41.7 Å². The van der Waals surface area contributed by atoms with Crippen LogP contribution in [0, 0.1) is 5.82 Å². The number of hydrogen-bond donors (Lipinski definition) is 0. The van der Waals surface area contributed by atoms with E-state index in [4.69, 9.17) is 4.74 Å². The fourth-order valence-electron chi connectivity index (χ4n) is 1.49. The Labute approximate surface area is 76.8 Å². The highest BCUT2D eigenvalue weighted by molar-refractivity contribution is 5.66. The Morgan fingerprint density at radius 1 is 1.23 bits per heavy atom. The van der Waals surface area contributed by atoms with Crippen molar-refractivity contribution in [2.45, 2.75) is 6.42 Å². The van der Waals surface area contributed by atoms with Crippen molar-refractivity contribution in [3.8, 4) is 0 Å². The first-order valence-electron chi connectivity index (χ1n) is 4.39. The van der Waals surface area contributed by atoms with E-state index in [1.165, 1.54) is 6.07 Å². The SMILES string of the molecule is Fc1ccccc1C1=CCOCC1. The lowest BCUT2D eigenvalue weighted by molar-refractivity contribution is 0.161. The van der Waals surface area contributed by atoms with Gasteiger partial charge in [-0.1, -0.05) is 24.3 Å². The van der Waals surface area contributed by atoms with Crippen LogP contribution >= 0.6 is 0 Å². The molecule has 0 aromatic heterocycles. The molecule has 13 heavy (non-hydrogen) atoms. The van der Waals surface area contributed by atoms with Gasteiger partial charge in [-0.2, -0.15) is 0 Å². The van der Waals surface area contributed by atoms with Crippen molar-refractivity contribution >= 4 is 5.57 Å². The van der Waals surface area contributed by atoms with Crippen LogP contribution in [0.15, 0.2) is 30.3 Å². The van der Waals surface area contributed by atoms with E-state index in [0.29, 0.717) is 18.8 Å². The molecule has 1 aromatic rings. The van der Waals surface area contributed by atoms with E-state index >= 15 is 0 Å². The number of hydrogen-bond acceptors (Lipinski definition) is 1. The number of ether oxygens (including phenoxy) is 1. The average molecular weight is 178 g/mol. The zero-order valence-electron chi connectivity index (χ0n) is 7.29. The predicted molar refractivity (Wildman–Crippen MR) is 49.8 cm³/mol. The van der Waals surface area contributed by atoms with Crippen molar-refractivity contribution < 1.29 is 9.13 Å². The molecule has 0 atom stereocenters. The van der Waals surface area contributed by atoms with Crippen LogP contribution in [-0.2, 0) is 4.74 Å². The molecule has 0 saturated heterocycles. The van der Waals surface area contributed by atoms with Crippen molar-refractivity contribution in [1.29, 1.82) is 0 Å². The Morgan fingerprint density at radius 3 is 2.77 bits per heavy atom. The summed E-state index contributed by atoms with van der Waals surface area (Å²) in [5.41, 5.74) is 1.77. The fourth-order valence-corrected chi connectivity index (χ4v) is 1.49. The van der Waals surface area contributed by atoms with E-state index in [1.54, 1.807) is 6.07 Å². The van der Waals surface area contributed by atoms with Crippen LogP contribution in [0.4, 0.5) is 4.39 Å². The number of benzene rings is 1. The van der Waals surface area contributed by atoms with Crippen LogP contribution in [0.1, 0.15) is 12.0 Å². The summed E-state index contributed by atoms with van der Waals surface area (Å²) in [5.74, 6) is -0.143. The molecular formula is C11H11FO. The highest BCUT2D eigenvalue weighted by Gasteiger charge is 2.09. The van der Waals surface area contributed by atoms with Gasteiger partial charge in [0.25, 0.3) is 0 Å². The summed E-state index contributed by atoms with van der Waals surface area (Å²) in [5, 5.41) is 0. The first-order valence-corrected chi connectivity index (χ1v) is 4.39. The molecule has 0 bridgehead atoms. The number of halogens is 1. The van der Waals surface area contributed by atoms with Gasteiger partial charge in [0.15, 0.2) is 0 Å². The smallest absolute Gasteiger partial charge is 0.130 e. The van der Waals surface area contributed by atoms with Gasteiger partial charge in [-0.25, -0.2) is 4.39 Å². The Kier molecular flexibility index (Phi) is 2.41. The summed E-state index contributed by atoms with van der Waals surface area (Å²) in [7, 11) is 0. The zero-order chi connectivity index (χ0) is 9.10. The first-order chi connectivity index (χ1) is 6.38. The highest BCUT2D eigenvalue weighted by atomic mass is 19.1. The second-order valence-corrected chi connectivity index (χ2v) is 3.03. The molecule has 2 heteroatoms. The van der Waals surface area contributed by atoms with Crippen molar-refractivity contribution in [3.63, 3.8) is 0 Å². The zero-order valence-corrected chi connectivity index (χ0v) is 7.29. The maximum atomic E-state index is 13.3. The van der Waals surface area contributed by atoms with Crippen LogP contribution in [0.25, 0.3) is 5.57 Å². The van der Waals surface area contributed by atoms with Gasteiger partial charge in [0.05, 0.1) is 13.2 Å². The van der Waals surface area contributed by atoms with Crippen LogP contribution in [0.5, 0.6) is 0 Å². The van der Waals surface area contributed by atoms with Gasteiger partial charge in [0.1, 0.15) is 5.82 Å². The summed E-state index contributed by atoms with van der Waals surface area (Å²) in [4.78, 5) is 0. The maximum absolute atomic E-state index is 13.3. The lowest BCUT2D eigenvalue weighted by Gasteiger charge is -2.13. The third-order valence-corrected chi connectivity index (χ3v) is 2.18. The van der Waals surface area contributed by atoms with Gasteiger partial charge >= 0.3 is 0 Å². The molecule has 0 radical (unpaired) electrons. The van der Waals surface area contributed by atoms with E-state index in [9.17, 15) is 4.39 Å². The molecule has 0 amide bonds. The summed E-state index contributed by atoms with van der Waals surface area (Å²) < 4.78 is 18.5. The van der Waals surface area contributed by atoms with Crippen molar-refractivity contribution in [2.24, 2.45) is 0 Å². The van der Waals surface area contributed by atoms with Gasteiger partial charge < -0.3 is 4.74 Å². The van der Waals surface area contributed by atoms with Gasteiger partial charge in [0.2, 0.25) is 0 Å². The molecule has 0 unspecified atom stereocenters. The average Bonchev–Trinajstić information content (AvgIpc) is 2.20. The second-order valence-electron chi connectivity index (χ2n) is 3.03. The van der Waals surface area contributed by atoms with Gasteiger partial charge in [0, 0.05) is 5.56 Å². The predicted octanol–water partition coefficient (Wildman–Crippen LogP) is 2.63. The minimum atomic E-state index is -0.143. The van der Waals surface area contributed by atoms with E-state index < -0.39 is 0 Å². The molecule has 1 aliphatic rings. The molecular weight excluding hydrogens is 167 g/mol. The molecule has 1 aromatic carbocycles. The van der Waals surface area contributed by atoms with Crippen LogP contribution in [0.3, 0.4) is 0 Å². The van der Waals surface area contributed by atoms with Gasteiger partial charge in [-0.05, 0) is 18.1 Å². The summed E-state index contributed by atoms with van der Waals surface area (Å²) >= 11 is 0. The molecule has 0 aliphatic carbocycles. The summed E-state index contributed by atoms with van der Waals surface area (Å²) in [6.45, 7) is 1.30. The second kappa shape index (κ2) is 3.71. The maximum Gasteiger partial charge on any atom is 0.130 e. The summed E-state index contributed by atoms with van der Waals surface area (Å²) in [6.07, 6.45) is 2.75. The lowest BCUT2D eigenvalue weighted by Crippen LogP contribution is -2.04. The Hall–Kier alpha value is -1.15. The van der Waals surface area contributed by atoms with Crippen molar-refractivity contribution in [2.75, 3.05) is 13.2 Å². The molecule has 0 fully saturated rings. The summed E-state index contributed by atoms with van der Waals surface area (Å²) in [6, 6.07) is 6.87. The van der Waals surface area contributed by atoms with Gasteiger partial charge in [-0.3, -0.25) is 0 Å². The monoisotopic (exact) mass is 178 g/mol. The lowest BCUT2D eigenvalue weighted by atomic mass is 10.0. The fraction of sp³-hybridized carbons (Fsp3) is 0.273. The first kappa shape index (κ1) is 8.45. The van der Waals surface area contributed by atoms with Crippen LogP contribution in [0.2, 0.25) is 0 Å². The third-order valence-electron chi connectivity index (χ3n) is 2.18. The molecule has 68 valence electrons.